The van der Waals surface area contributed by atoms with Crippen LogP contribution < -0.4 is 0 Å². The molecule has 0 rings (SSSR count). The first-order valence-electron chi connectivity index (χ1n) is 4.12. The molecular weight excluding hydrogens is 211 g/mol. The van der Waals surface area contributed by atoms with E-state index in [-0.39, 0.29) is 0 Å². The van der Waals surface area contributed by atoms with Gasteiger partial charge in [0.2, 0.25) is 5.69 Å². The van der Waals surface area contributed by atoms with E-state index < -0.39 is 5.69 Å². The monoisotopic (exact) mass is 228 g/mol. The molecule has 0 heterocycles. The predicted octanol–water partition coefficient (Wildman–Crippen LogP) is 2.98. The number of unbranched alkanes of at least 4 members (excludes halogenated alkanes) is 1. The summed E-state index contributed by atoms with van der Waals surface area (Å²) >= 11 is 8.35. The molecule has 0 aliphatic rings. The fourth-order valence-electron chi connectivity index (χ4n) is 0.838. The van der Waals surface area contributed by atoms with Crippen molar-refractivity contribution in [2.24, 2.45) is 5.92 Å². The number of thiol groups is 1. The third kappa shape index (κ3) is 10.9. The zero-order valence-electron chi connectivity index (χ0n) is 7.56. The average molecular weight is 228 g/mol. The highest BCUT2D eigenvalue weighted by molar-refractivity contribution is 8.59. The van der Waals surface area contributed by atoms with Gasteiger partial charge in [-0.2, -0.15) is 0 Å². The zero-order chi connectivity index (χ0) is 9.61. The highest BCUT2D eigenvalue weighted by Gasteiger charge is 2.04. The van der Waals surface area contributed by atoms with Crippen LogP contribution in [0, 0.1) is 5.92 Å². The van der Waals surface area contributed by atoms with E-state index >= 15 is 0 Å². The van der Waals surface area contributed by atoms with Crippen LogP contribution in [0.2, 0.25) is 0 Å². The minimum atomic E-state index is -2.70. The van der Waals surface area contributed by atoms with Gasteiger partial charge in [0.1, 0.15) is 0 Å². The smallest absolute Gasteiger partial charge is 0.241 e. The summed E-state index contributed by atoms with van der Waals surface area (Å²) in [6.45, 7) is 4.91. The molecule has 0 amide bonds. The molecule has 1 atom stereocenters. The second-order valence-corrected chi connectivity index (χ2v) is 8.38. The number of rotatable bonds is 6. The molecule has 0 bridgehead atoms. The van der Waals surface area contributed by atoms with Gasteiger partial charge in [0.25, 0.3) is 0 Å². The van der Waals surface area contributed by atoms with E-state index in [1.165, 1.54) is 6.42 Å². The first-order valence-corrected chi connectivity index (χ1v) is 7.94. The van der Waals surface area contributed by atoms with Gasteiger partial charge in [-0.1, -0.05) is 38.9 Å². The highest BCUT2D eigenvalue weighted by atomic mass is 32.9. The van der Waals surface area contributed by atoms with Crippen molar-refractivity contribution in [3.8, 4) is 0 Å². The summed E-state index contributed by atoms with van der Waals surface area (Å²) in [5.41, 5.74) is -2.70. The second-order valence-electron chi connectivity index (χ2n) is 3.21. The van der Waals surface area contributed by atoms with Gasteiger partial charge in [-0.05, 0) is 24.1 Å². The van der Waals surface area contributed by atoms with Gasteiger partial charge < -0.3 is 9.42 Å². The third-order valence-corrected chi connectivity index (χ3v) is 2.62. The molecule has 2 nitrogen and oxygen atoms in total. The summed E-state index contributed by atoms with van der Waals surface area (Å²) < 4.78 is 4.96. The van der Waals surface area contributed by atoms with Crippen LogP contribution in [0.4, 0.5) is 0 Å². The Morgan fingerprint density at radius 3 is 2.50 bits per heavy atom. The molecule has 0 aromatic carbocycles. The van der Waals surface area contributed by atoms with Crippen LogP contribution in [0.1, 0.15) is 33.1 Å². The van der Waals surface area contributed by atoms with Gasteiger partial charge in [-0.15, -0.1) is 0 Å². The van der Waals surface area contributed by atoms with Crippen LogP contribution in [-0.2, 0) is 16.3 Å². The molecule has 12 heavy (non-hydrogen) atoms. The lowest BCUT2D eigenvalue weighted by Crippen LogP contribution is -1.92. The normalized spacial score (nSPS) is 16.4. The summed E-state index contributed by atoms with van der Waals surface area (Å²) in [5.74, 6) is 0.734. The SMILES string of the molecule is CC(C)CCCCOP(O)(=S)S. The van der Waals surface area contributed by atoms with Crippen molar-refractivity contribution in [3.05, 3.63) is 0 Å². The standard InChI is InChI=1S/C7H17O2PS2/c1-7(2)5-3-4-6-9-10(8,11)12/h7H,3-6H2,1-2H3,(H2,8,11,12). The molecule has 5 heteroatoms. The van der Waals surface area contributed by atoms with Crippen molar-refractivity contribution in [1.29, 1.82) is 0 Å². The molecule has 0 aromatic rings. The maximum absolute atomic E-state index is 8.99. The quantitative estimate of drug-likeness (QED) is 0.416. The van der Waals surface area contributed by atoms with Crippen LogP contribution in [0.3, 0.4) is 0 Å². The Hall–Kier alpha value is 0.920. The van der Waals surface area contributed by atoms with Gasteiger partial charge in [-0.3, -0.25) is 0 Å². The molecule has 0 fully saturated rings. The molecule has 1 N–H and O–H groups in total. The van der Waals surface area contributed by atoms with Crippen molar-refractivity contribution >= 4 is 29.7 Å². The zero-order valence-corrected chi connectivity index (χ0v) is 10.2. The number of hydrogen-bond acceptors (Lipinski definition) is 2. The maximum Gasteiger partial charge on any atom is 0.241 e. The van der Waals surface area contributed by atoms with E-state index in [1.54, 1.807) is 0 Å². The Bertz CT molecular complexity index is 155. The molecule has 0 radical (unpaired) electrons. The Balaban J connectivity index is 3.17. The Morgan fingerprint density at radius 1 is 1.50 bits per heavy atom. The summed E-state index contributed by atoms with van der Waals surface area (Å²) in [6.07, 6.45) is 3.28. The van der Waals surface area contributed by atoms with Crippen molar-refractivity contribution in [1.82, 2.24) is 0 Å². The summed E-state index contributed by atoms with van der Waals surface area (Å²) in [6, 6.07) is 0. The Kier molecular flexibility index (Phi) is 6.87. The first-order chi connectivity index (χ1) is 5.42. The molecule has 0 aliphatic carbocycles. The molecule has 1 unspecified atom stereocenters. The van der Waals surface area contributed by atoms with Crippen LogP contribution in [-0.4, -0.2) is 11.5 Å². The van der Waals surface area contributed by atoms with Gasteiger partial charge in [0.05, 0.1) is 6.61 Å². The third-order valence-electron chi connectivity index (χ3n) is 1.44. The molecule has 0 saturated heterocycles. The lowest BCUT2D eigenvalue weighted by Gasteiger charge is -2.09. The van der Waals surface area contributed by atoms with Gasteiger partial charge in [0, 0.05) is 0 Å². The van der Waals surface area contributed by atoms with Crippen molar-refractivity contribution in [2.75, 3.05) is 6.61 Å². The Labute approximate surface area is 85.0 Å². The molecule has 0 aromatic heterocycles. The van der Waals surface area contributed by atoms with Gasteiger partial charge in [-0.25, -0.2) is 0 Å². The lowest BCUT2D eigenvalue weighted by atomic mass is 10.1. The highest BCUT2D eigenvalue weighted by Crippen LogP contribution is 2.47. The molecular formula is C7H17O2PS2. The fourth-order valence-corrected chi connectivity index (χ4v) is 1.67. The van der Waals surface area contributed by atoms with E-state index in [9.17, 15) is 0 Å². The van der Waals surface area contributed by atoms with E-state index in [0.717, 1.165) is 18.8 Å². The minimum Gasteiger partial charge on any atom is -0.338 e. The Morgan fingerprint density at radius 2 is 2.08 bits per heavy atom. The van der Waals surface area contributed by atoms with E-state index in [1.807, 2.05) is 0 Å². The van der Waals surface area contributed by atoms with Crippen LogP contribution in [0.5, 0.6) is 0 Å². The molecule has 0 spiro atoms. The number of hydrogen-bond donors (Lipinski definition) is 2. The lowest BCUT2D eigenvalue weighted by molar-refractivity contribution is 0.305. The average Bonchev–Trinajstić information content (AvgIpc) is 1.83. The predicted molar refractivity (Wildman–Crippen MR) is 60.1 cm³/mol. The van der Waals surface area contributed by atoms with Gasteiger partial charge >= 0.3 is 0 Å². The van der Waals surface area contributed by atoms with Crippen molar-refractivity contribution < 1.29 is 9.42 Å². The van der Waals surface area contributed by atoms with E-state index in [0.29, 0.717) is 6.61 Å². The molecule has 0 aliphatic heterocycles. The minimum absolute atomic E-state index is 0.532. The maximum atomic E-state index is 8.99. The van der Waals surface area contributed by atoms with Crippen molar-refractivity contribution in [2.45, 2.75) is 33.1 Å². The summed E-state index contributed by atoms with van der Waals surface area (Å²) in [4.78, 5) is 8.99. The van der Waals surface area contributed by atoms with E-state index in [4.69, 9.17) is 9.42 Å². The van der Waals surface area contributed by atoms with Crippen LogP contribution in [0.15, 0.2) is 0 Å². The largest absolute Gasteiger partial charge is 0.338 e. The van der Waals surface area contributed by atoms with Crippen LogP contribution in [0.25, 0.3) is 0 Å². The van der Waals surface area contributed by atoms with Gasteiger partial charge in [0.15, 0.2) is 0 Å². The topological polar surface area (TPSA) is 29.5 Å². The fraction of sp³-hybridized carbons (Fsp3) is 1.00. The van der Waals surface area contributed by atoms with Crippen molar-refractivity contribution in [3.63, 3.8) is 0 Å². The van der Waals surface area contributed by atoms with E-state index in [2.05, 4.69) is 37.9 Å². The second kappa shape index (κ2) is 6.39. The summed E-state index contributed by atoms with van der Waals surface area (Å²) in [5, 5.41) is 0. The summed E-state index contributed by atoms with van der Waals surface area (Å²) in [7, 11) is 0. The van der Waals surface area contributed by atoms with Crippen LogP contribution >= 0.6 is 17.9 Å². The molecule has 0 saturated carbocycles. The molecule has 74 valence electrons. The first kappa shape index (κ1) is 12.9.